The van der Waals surface area contributed by atoms with E-state index in [1.165, 1.54) is 37.7 Å². The van der Waals surface area contributed by atoms with Crippen molar-refractivity contribution in [3.05, 3.63) is 78.9 Å². The summed E-state index contributed by atoms with van der Waals surface area (Å²) in [4.78, 5) is 16.6. The van der Waals surface area contributed by atoms with Gasteiger partial charge in [-0.15, -0.1) is 0 Å². The molecular formula is C28H24N2O2. The van der Waals surface area contributed by atoms with Gasteiger partial charge in [0.2, 0.25) is 0 Å². The van der Waals surface area contributed by atoms with Crippen molar-refractivity contribution in [3.8, 4) is 0 Å². The topological polar surface area (TPSA) is 32.8 Å². The van der Waals surface area contributed by atoms with Crippen LogP contribution in [0.1, 0.15) is 0 Å². The predicted octanol–water partition coefficient (Wildman–Crippen LogP) is 6.19. The molecule has 32 heavy (non-hydrogen) atoms. The van der Waals surface area contributed by atoms with Crippen molar-refractivity contribution in [2.75, 3.05) is 38.3 Å². The monoisotopic (exact) mass is 420 g/mol. The summed E-state index contributed by atoms with van der Waals surface area (Å²) >= 11 is 0. The van der Waals surface area contributed by atoms with Crippen LogP contribution in [0.25, 0.3) is 43.1 Å². The maximum Gasteiger partial charge on any atom is 0.324 e. The second-order valence-corrected chi connectivity index (χ2v) is 8.45. The normalized spacial score (nSPS) is 14.5. The van der Waals surface area contributed by atoms with Crippen LogP contribution in [0.4, 0.5) is 10.5 Å². The highest BCUT2D eigenvalue weighted by Crippen LogP contribution is 2.35. The van der Waals surface area contributed by atoms with Crippen LogP contribution in [0.2, 0.25) is 0 Å². The molecule has 4 nitrogen and oxygen atoms in total. The Morgan fingerprint density at radius 1 is 0.719 bits per heavy atom. The molecule has 2 amide bonds. The lowest BCUT2D eigenvalue weighted by molar-refractivity contribution is 0.0551. The maximum absolute atomic E-state index is 13.0. The van der Waals surface area contributed by atoms with Crippen LogP contribution in [-0.2, 0) is 4.74 Å². The van der Waals surface area contributed by atoms with E-state index in [0.717, 1.165) is 11.1 Å². The third-order valence-electron chi connectivity index (χ3n) is 6.68. The standard InChI is InChI=1S/C28H24N2O2/c1-29(28(31)30-14-16-32-17-15-30)21-9-6-20-8-11-25-24-10-7-19-4-2-3-5-22(19)23(24)12-13-26(25)27(20)18-21/h2-13,18H,14-17H2,1H3. The van der Waals surface area contributed by atoms with Gasteiger partial charge in [0.05, 0.1) is 13.2 Å². The molecular weight excluding hydrogens is 396 g/mol. The number of hydrogen-bond acceptors (Lipinski definition) is 2. The van der Waals surface area contributed by atoms with E-state index < -0.39 is 0 Å². The summed E-state index contributed by atoms with van der Waals surface area (Å²) in [6, 6.07) is 28.1. The Kier molecular flexibility index (Phi) is 4.47. The van der Waals surface area contributed by atoms with Gasteiger partial charge in [0.15, 0.2) is 0 Å². The second-order valence-electron chi connectivity index (χ2n) is 8.45. The molecule has 1 fully saturated rings. The van der Waals surface area contributed by atoms with Gasteiger partial charge in [-0.25, -0.2) is 4.79 Å². The molecule has 1 saturated heterocycles. The fourth-order valence-corrected chi connectivity index (χ4v) is 4.91. The lowest BCUT2D eigenvalue weighted by Gasteiger charge is -2.31. The Hall–Kier alpha value is -3.63. The Morgan fingerprint density at radius 3 is 2.03 bits per heavy atom. The van der Waals surface area contributed by atoms with Gasteiger partial charge in [0.1, 0.15) is 0 Å². The van der Waals surface area contributed by atoms with Gasteiger partial charge in [0.25, 0.3) is 0 Å². The fourth-order valence-electron chi connectivity index (χ4n) is 4.91. The van der Waals surface area contributed by atoms with E-state index in [0.29, 0.717) is 26.3 Å². The summed E-state index contributed by atoms with van der Waals surface area (Å²) in [6.07, 6.45) is 0. The third-order valence-corrected chi connectivity index (χ3v) is 6.68. The number of urea groups is 1. The van der Waals surface area contributed by atoms with E-state index in [9.17, 15) is 4.79 Å². The lowest BCUT2D eigenvalue weighted by atomic mass is 9.94. The number of amides is 2. The van der Waals surface area contributed by atoms with Crippen LogP contribution in [0.15, 0.2) is 78.9 Å². The van der Waals surface area contributed by atoms with Crippen LogP contribution >= 0.6 is 0 Å². The van der Waals surface area contributed by atoms with E-state index in [-0.39, 0.29) is 6.03 Å². The number of hydrogen-bond donors (Lipinski definition) is 0. The van der Waals surface area contributed by atoms with E-state index in [4.69, 9.17) is 4.74 Å². The zero-order valence-electron chi connectivity index (χ0n) is 18.0. The molecule has 4 heteroatoms. The van der Waals surface area contributed by atoms with Crippen molar-refractivity contribution in [2.24, 2.45) is 0 Å². The highest BCUT2D eigenvalue weighted by atomic mass is 16.5. The van der Waals surface area contributed by atoms with Gasteiger partial charge in [-0.1, -0.05) is 66.7 Å². The Bertz CT molecular complexity index is 1500. The molecule has 5 aromatic rings. The molecule has 0 bridgehead atoms. The molecule has 1 heterocycles. The molecule has 0 aromatic heterocycles. The average Bonchev–Trinajstić information content (AvgIpc) is 2.87. The number of carbonyl (C=O) groups excluding carboxylic acids is 1. The van der Waals surface area contributed by atoms with E-state index >= 15 is 0 Å². The molecule has 5 aromatic carbocycles. The molecule has 1 aliphatic heterocycles. The fraction of sp³-hybridized carbons (Fsp3) is 0.179. The Morgan fingerprint density at radius 2 is 1.28 bits per heavy atom. The third kappa shape index (κ3) is 2.99. The molecule has 0 saturated carbocycles. The number of carbonyl (C=O) groups is 1. The zero-order valence-corrected chi connectivity index (χ0v) is 18.0. The zero-order chi connectivity index (χ0) is 21.7. The Labute approximate surface area is 186 Å². The number of morpholine rings is 1. The number of fused-ring (bicyclic) bond motifs is 7. The molecule has 1 aliphatic rings. The molecule has 0 atom stereocenters. The number of rotatable bonds is 1. The SMILES string of the molecule is CN(C(=O)N1CCOCC1)c1ccc2ccc3c(ccc4c5ccccc5ccc43)c2c1. The second kappa shape index (κ2) is 7.50. The van der Waals surface area contributed by atoms with Crippen molar-refractivity contribution < 1.29 is 9.53 Å². The highest BCUT2D eigenvalue weighted by molar-refractivity contribution is 6.22. The van der Waals surface area contributed by atoms with Crippen LogP contribution in [0.5, 0.6) is 0 Å². The van der Waals surface area contributed by atoms with Crippen molar-refractivity contribution in [3.63, 3.8) is 0 Å². The first-order chi connectivity index (χ1) is 15.7. The lowest BCUT2D eigenvalue weighted by Crippen LogP contribution is -2.47. The molecule has 158 valence electrons. The van der Waals surface area contributed by atoms with Crippen molar-refractivity contribution in [1.82, 2.24) is 4.90 Å². The molecule has 0 aliphatic carbocycles. The van der Waals surface area contributed by atoms with Gasteiger partial charge >= 0.3 is 6.03 Å². The van der Waals surface area contributed by atoms with Gasteiger partial charge in [0, 0.05) is 25.8 Å². The van der Waals surface area contributed by atoms with Crippen molar-refractivity contribution >= 4 is 54.8 Å². The minimum Gasteiger partial charge on any atom is -0.378 e. The van der Waals surface area contributed by atoms with Crippen LogP contribution in [-0.4, -0.2) is 44.3 Å². The number of nitrogens with zero attached hydrogens (tertiary/aromatic N) is 2. The summed E-state index contributed by atoms with van der Waals surface area (Å²) < 4.78 is 5.39. The number of ether oxygens (including phenoxy) is 1. The molecule has 0 unspecified atom stereocenters. The van der Waals surface area contributed by atoms with Gasteiger partial charge < -0.3 is 9.64 Å². The number of benzene rings is 5. The van der Waals surface area contributed by atoms with Crippen LogP contribution in [0.3, 0.4) is 0 Å². The summed E-state index contributed by atoms with van der Waals surface area (Å²) in [5.41, 5.74) is 0.903. The molecule has 0 radical (unpaired) electrons. The van der Waals surface area contributed by atoms with E-state index in [1.54, 1.807) is 4.90 Å². The summed E-state index contributed by atoms with van der Waals surface area (Å²) in [7, 11) is 1.85. The van der Waals surface area contributed by atoms with Crippen molar-refractivity contribution in [2.45, 2.75) is 0 Å². The minimum atomic E-state index is 0.0183. The summed E-state index contributed by atoms with van der Waals surface area (Å²) in [5.74, 6) is 0. The summed E-state index contributed by atoms with van der Waals surface area (Å²) in [6.45, 7) is 2.48. The van der Waals surface area contributed by atoms with Gasteiger partial charge in [-0.3, -0.25) is 4.90 Å². The summed E-state index contributed by atoms with van der Waals surface area (Å²) in [5, 5.41) is 9.84. The van der Waals surface area contributed by atoms with Gasteiger partial charge in [-0.2, -0.15) is 0 Å². The first-order valence-electron chi connectivity index (χ1n) is 11.1. The quantitative estimate of drug-likeness (QED) is 0.303. The highest BCUT2D eigenvalue weighted by Gasteiger charge is 2.21. The Balaban J connectivity index is 1.50. The predicted molar refractivity (Wildman–Crippen MR) is 133 cm³/mol. The molecule has 0 N–H and O–H groups in total. The molecule has 6 rings (SSSR count). The number of anilines is 1. The van der Waals surface area contributed by atoms with Crippen LogP contribution < -0.4 is 4.90 Å². The van der Waals surface area contributed by atoms with E-state index in [2.05, 4.69) is 72.8 Å². The van der Waals surface area contributed by atoms with Crippen LogP contribution in [0, 0.1) is 0 Å². The smallest absolute Gasteiger partial charge is 0.324 e. The minimum absolute atomic E-state index is 0.0183. The average molecular weight is 421 g/mol. The van der Waals surface area contributed by atoms with E-state index in [1.807, 2.05) is 18.0 Å². The first kappa shape index (κ1) is 19.1. The maximum atomic E-state index is 13.0. The first-order valence-corrected chi connectivity index (χ1v) is 11.1. The van der Waals surface area contributed by atoms with Gasteiger partial charge in [-0.05, 0) is 55.2 Å². The molecule has 0 spiro atoms. The largest absolute Gasteiger partial charge is 0.378 e. The van der Waals surface area contributed by atoms with Crippen molar-refractivity contribution in [1.29, 1.82) is 0 Å².